The Morgan fingerprint density at radius 2 is 2.05 bits per heavy atom. The fraction of sp³-hybridized carbons (Fsp3) is 0.562. The van der Waals surface area contributed by atoms with E-state index in [1.165, 1.54) is 17.5 Å². The van der Waals surface area contributed by atoms with Crippen LogP contribution in [0.25, 0.3) is 0 Å². The number of amides is 1. The van der Waals surface area contributed by atoms with E-state index in [2.05, 4.69) is 43.4 Å². The molecule has 1 saturated heterocycles. The fourth-order valence-electron chi connectivity index (χ4n) is 2.66. The number of nitrogens with one attached hydrogen (secondary N) is 1. The van der Waals surface area contributed by atoms with Crippen LogP contribution in [0.1, 0.15) is 30.9 Å². The van der Waals surface area contributed by atoms with Crippen molar-refractivity contribution in [2.75, 3.05) is 13.6 Å². The minimum absolute atomic E-state index is 0.0100. The molecule has 3 nitrogen and oxygen atoms in total. The number of hydrogen-bond donors (Lipinski definition) is 1. The van der Waals surface area contributed by atoms with E-state index in [0.29, 0.717) is 12.5 Å². The van der Waals surface area contributed by atoms with E-state index in [1.54, 1.807) is 0 Å². The molecule has 1 amide bonds. The summed E-state index contributed by atoms with van der Waals surface area (Å²) in [7, 11) is 1.89. The predicted octanol–water partition coefficient (Wildman–Crippen LogP) is 2.34. The highest BCUT2D eigenvalue weighted by molar-refractivity contribution is 5.82. The lowest BCUT2D eigenvalue weighted by molar-refractivity contribution is -0.134. The van der Waals surface area contributed by atoms with Crippen LogP contribution < -0.4 is 5.32 Å². The monoisotopic (exact) mass is 260 g/mol. The summed E-state index contributed by atoms with van der Waals surface area (Å²) < 4.78 is 0. The van der Waals surface area contributed by atoms with Gasteiger partial charge in [-0.05, 0) is 37.8 Å². The maximum atomic E-state index is 12.4. The van der Waals surface area contributed by atoms with Crippen LogP contribution in [0.15, 0.2) is 24.3 Å². The van der Waals surface area contributed by atoms with E-state index in [9.17, 15) is 4.79 Å². The summed E-state index contributed by atoms with van der Waals surface area (Å²) in [5.41, 5.74) is 2.44. The number of benzene rings is 1. The van der Waals surface area contributed by atoms with E-state index in [-0.39, 0.29) is 11.9 Å². The largest absolute Gasteiger partial charge is 0.340 e. The average Bonchev–Trinajstić information content (AvgIpc) is 2.41. The zero-order valence-electron chi connectivity index (χ0n) is 12.1. The minimum Gasteiger partial charge on any atom is -0.340 e. The third-order valence-electron chi connectivity index (χ3n) is 3.95. The second-order valence-corrected chi connectivity index (χ2v) is 5.73. The Bertz CT molecular complexity index is 427. The van der Waals surface area contributed by atoms with Gasteiger partial charge in [-0.15, -0.1) is 0 Å². The highest BCUT2D eigenvalue weighted by Gasteiger charge is 2.29. The summed E-state index contributed by atoms with van der Waals surface area (Å²) >= 11 is 0. The molecule has 0 bridgehead atoms. The van der Waals surface area contributed by atoms with Crippen molar-refractivity contribution in [3.63, 3.8) is 0 Å². The lowest BCUT2D eigenvalue weighted by Crippen LogP contribution is -2.51. The summed E-state index contributed by atoms with van der Waals surface area (Å²) in [5.74, 6) is 0.648. The van der Waals surface area contributed by atoms with Gasteiger partial charge in [0.2, 0.25) is 5.91 Å². The highest BCUT2D eigenvalue weighted by atomic mass is 16.2. The second-order valence-electron chi connectivity index (χ2n) is 5.73. The van der Waals surface area contributed by atoms with Gasteiger partial charge >= 0.3 is 0 Å². The maximum absolute atomic E-state index is 12.4. The molecule has 1 heterocycles. The molecule has 3 heteroatoms. The normalized spacial score (nSPS) is 23.1. The Labute approximate surface area is 116 Å². The number of piperidine rings is 1. The molecule has 0 spiro atoms. The number of rotatable bonds is 3. The van der Waals surface area contributed by atoms with Crippen LogP contribution in [-0.2, 0) is 11.3 Å². The molecule has 1 aromatic carbocycles. The van der Waals surface area contributed by atoms with Gasteiger partial charge in [-0.25, -0.2) is 0 Å². The molecule has 104 valence electrons. The molecule has 0 aliphatic carbocycles. The van der Waals surface area contributed by atoms with Crippen LogP contribution in [0.2, 0.25) is 0 Å². The Balaban J connectivity index is 1.96. The van der Waals surface area contributed by atoms with Gasteiger partial charge in [0.1, 0.15) is 0 Å². The van der Waals surface area contributed by atoms with Gasteiger partial charge < -0.3 is 10.2 Å². The molecule has 0 radical (unpaired) electrons. The summed E-state index contributed by atoms with van der Waals surface area (Å²) in [6.45, 7) is 5.88. The van der Waals surface area contributed by atoms with Gasteiger partial charge in [0.15, 0.2) is 0 Å². The number of carbonyl (C=O) groups excluding carboxylic acids is 1. The van der Waals surface area contributed by atoms with Crippen molar-refractivity contribution in [3.8, 4) is 0 Å². The van der Waals surface area contributed by atoms with E-state index >= 15 is 0 Å². The first-order chi connectivity index (χ1) is 9.08. The van der Waals surface area contributed by atoms with Crippen LogP contribution in [0.4, 0.5) is 0 Å². The van der Waals surface area contributed by atoms with Crippen molar-refractivity contribution in [1.82, 2.24) is 10.2 Å². The van der Waals surface area contributed by atoms with Gasteiger partial charge in [0.05, 0.1) is 6.04 Å². The van der Waals surface area contributed by atoms with Crippen LogP contribution in [0, 0.1) is 12.8 Å². The third-order valence-corrected chi connectivity index (χ3v) is 3.95. The Morgan fingerprint density at radius 3 is 2.68 bits per heavy atom. The van der Waals surface area contributed by atoms with Crippen molar-refractivity contribution in [1.29, 1.82) is 0 Å². The van der Waals surface area contributed by atoms with Gasteiger partial charge in [-0.3, -0.25) is 4.79 Å². The Morgan fingerprint density at radius 1 is 1.37 bits per heavy atom. The van der Waals surface area contributed by atoms with Crippen molar-refractivity contribution in [3.05, 3.63) is 35.4 Å². The summed E-state index contributed by atoms with van der Waals surface area (Å²) in [6.07, 6.45) is 2.31. The lowest BCUT2D eigenvalue weighted by atomic mass is 9.92. The first-order valence-corrected chi connectivity index (χ1v) is 7.12. The maximum Gasteiger partial charge on any atom is 0.240 e. The Kier molecular flexibility index (Phi) is 4.59. The van der Waals surface area contributed by atoms with Gasteiger partial charge in [0, 0.05) is 13.6 Å². The molecule has 0 aromatic heterocycles. The van der Waals surface area contributed by atoms with Gasteiger partial charge in [-0.2, -0.15) is 0 Å². The summed E-state index contributed by atoms with van der Waals surface area (Å²) in [6, 6.07) is 8.36. The summed E-state index contributed by atoms with van der Waals surface area (Å²) in [5, 5.41) is 3.35. The zero-order valence-corrected chi connectivity index (χ0v) is 12.1. The number of hydrogen-bond acceptors (Lipinski definition) is 2. The molecular formula is C16H24N2O. The van der Waals surface area contributed by atoms with Gasteiger partial charge in [-0.1, -0.05) is 36.8 Å². The molecule has 1 N–H and O–H groups in total. The molecule has 1 aliphatic heterocycles. The van der Waals surface area contributed by atoms with E-state index < -0.39 is 0 Å². The smallest absolute Gasteiger partial charge is 0.240 e. The molecule has 0 saturated carbocycles. The standard InChI is InChI=1S/C16H24N2O/c1-12-6-8-14(9-7-12)11-18(3)16(19)15-13(2)5-4-10-17-15/h6-9,13,15,17H,4-5,10-11H2,1-3H3. The van der Waals surface area contributed by atoms with Crippen molar-refractivity contribution in [2.45, 2.75) is 39.3 Å². The predicted molar refractivity (Wildman–Crippen MR) is 77.8 cm³/mol. The first-order valence-electron chi connectivity index (χ1n) is 7.12. The minimum atomic E-state index is -0.0100. The SMILES string of the molecule is Cc1ccc(CN(C)C(=O)C2NCCCC2C)cc1. The summed E-state index contributed by atoms with van der Waals surface area (Å²) in [4.78, 5) is 14.3. The average molecular weight is 260 g/mol. The number of aryl methyl sites for hydroxylation is 1. The van der Waals surface area contributed by atoms with Crippen LogP contribution in [-0.4, -0.2) is 30.4 Å². The van der Waals surface area contributed by atoms with Crippen LogP contribution in [0.3, 0.4) is 0 Å². The topological polar surface area (TPSA) is 32.3 Å². The number of likely N-dealkylation sites (N-methyl/N-ethyl adjacent to an activating group) is 1. The van der Waals surface area contributed by atoms with Gasteiger partial charge in [0.25, 0.3) is 0 Å². The van der Waals surface area contributed by atoms with Crippen molar-refractivity contribution >= 4 is 5.91 Å². The molecule has 1 aliphatic rings. The zero-order chi connectivity index (χ0) is 13.8. The Hall–Kier alpha value is -1.35. The van der Waals surface area contributed by atoms with Crippen LogP contribution >= 0.6 is 0 Å². The molecule has 2 rings (SSSR count). The molecule has 1 fully saturated rings. The van der Waals surface area contributed by atoms with E-state index in [4.69, 9.17) is 0 Å². The molecular weight excluding hydrogens is 236 g/mol. The number of nitrogens with zero attached hydrogens (tertiary/aromatic N) is 1. The fourth-order valence-corrected chi connectivity index (χ4v) is 2.66. The molecule has 2 unspecified atom stereocenters. The molecule has 2 atom stereocenters. The lowest BCUT2D eigenvalue weighted by Gasteiger charge is -2.32. The van der Waals surface area contributed by atoms with Crippen LogP contribution in [0.5, 0.6) is 0 Å². The van der Waals surface area contributed by atoms with E-state index in [0.717, 1.165) is 13.0 Å². The second kappa shape index (κ2) is 6.20. The molecule has 19 heavy (non-hydrogen) atoms. The third kappa shape index (κ3) is 3.57. The quantitative estimate of drug-likeness (QED) is 0.904. The highest BCUT2D eigenvalue weighted by Crippen LogP contribution is 2.18. The molecule has 1 aromatic rings. The van der Waals surface area contributed by atoms with Crippen molar-refractivity contribution in [2.24, 2.45) is 5.92 Å². The van der Waals surface area contributed by atoms with Crippen molar-refractivity contribution < 1.29 is 4.79 Å². The van der Waals surface area contributed by atoms with E-state index in [1.807, 2.05) is 11.9 Å². The first kappa shape index (κ1) is 14.1. The number of carbonyl (C=O) groups is 1.